The third-order valence-electron chi connectivity index (χ3n) is 2.10. The van der Waals surface area contributed by atoms with Crippen molar-refractivity contribution in [3.05, 3.63) is 30.1 Å². The fourth-order valence-corrected chi connectivity index (χ4v) is 1.86. The molecule has 1 aromatic rings. The van der Waals surface area contributed by atoms with Crippen LogP contribution in [0.1, 0.15) is 13.8 Å². The van der Waals surface area contributed by atoms with Gasteiger partial charge >= 0.3 is 0 Å². The molecule has 0 saturated carbocycles. The number of halogens is 1. The lowest BCUT2D eigenvalue weighted by Gasteiger charge is -2.20. The molecule has 0 aromatic heterocycles. The smallest absolute Gasteiger partial charge is 0.189 e. The van der Waals surface area contributed by atoms with E-state index in [-0.39, 0.29) is 11.5 Å². The van der Waals surface area contributed by atoms with Crippen LogP contribution in [0.25, 0.3) is 0 Å². The first kappa shape index (κ1) is 10.3. The van der Waals surface area contributed by atoms with Crippen LogP contribution in [0, 0.1) is 5.82 Å². The van der Waals surface area contributed by atoms with E-state index < -0.39 is 0 Å². The van der Waals surface area contributed by atoms with Gasteiger partial charge in [-0.05, 0) is 50.3 Å². The minimum atomic E-state index is -0.272. The minimum absolute atomic E-state index is 0.254. The molecule has 0 spiro atoms. The maximum Gasteiger partial charge on any atom is 0.189 e. The summed E-state index contributed by atoms with van der Waals surface area (Å²) in [7, 11) is 0. The van der Waals surface area contributed by atoms with Gasteiger partial charge in [0.05, 0.1) is 5.69 Å². The Morgan fingerprint density at radius 2 is 1.87 bits per heavy atom. The summed E-state index contributed by atoms with van der Waals surface area (Å²) < 4.78 is 12.7. The first-order chi connectivity index (χ1) is 6.98. The molecule has 3 nitrogen and oxygen atoms in total. The van der Waals surface area contributed by atoms with Crippen molar-refractivity contribution in [3.63, 3.8) is 0 Å². The standard InChI is InChI=1S/C10H12FN3S/c1-10(2)12-9(15)14(13-10)8-5-3-7(11)4-6-8/h3-6,13H,1-2H3,(H,12,15). The van der Waals surface area contributed by atoms with Crippen LogP contribution < -0.4 is 15.8 Å². The average Bonchev–Trinajstić information content (AvgIpc) is 2.41. The summed E-state index contributed by atoms with van der Waals surface area (Å²) in [5.41, 5.74) is 3.72. The summed E-state index contributed by atoms with van der Waals surface area (Å²) in [6, 6.07) is 6.17. The van der Waals surface area contributed by atoms with Crippen LogP contribution in [0.2, 0.25) is 0 Å². The summed E-state index contributed by atoms with van der Waals surface area (Å²) in [5.74, 6) is -0.254. The highest BCUT2D eigenvalue weighted by Crippen LogP contribution is 2.19. The number of rotatable bonds is 1. The Hall–Kier alpha value is -1.20. The van der Waals surface area contributed by atoms with E-state index in [0.29, 0.717) is 5.11 Å². The van der Waals surface area contributed by atoms with E-state index in [4.69, 9.17) is 12.2 Å². The number of hydrogen-bond donors (Lipinski definition) is 2. The number of thiocarbonyl (C=S) groups is 1. The van der Waals surface area contributed by atoms with Crippen LogP contribution in [0.4, 0.5) is 10.1 Å². The Labute approximate surface area is 93.2 Å². The van der Waals surface area contributed by atoms with Crippen molar-refractivity contribution in [1.29, 1.82) is 0 Å². The summed E-state index contributed by atoms with van der Waals surface area (Å²) >= 11 is 5.16. The third kappa shape index (κ3) is 2.08. The Bertz CT molecular complexity index is 388. The molecule has 0 amide bonds. The molecule has 1 aliphatic heterocycles. The highest BCUT2D eigenvalue weighted by Gasteiger charge is 2.32. The van der Waals surface area contributed by atoms with Gasteiger partial charge in [0, 0.05) is 0 Å². The molecule has 0 bridgehead atoms. The molecule has 1 heterocycles. The van der Waals surface area contributed by atoms with Crippen LogP contribution in [0.15, 0.2) is 24.3 Å². The molecule has 0 atom stereocenters. The number of hydrazine groups is 1. The van der Waals surface area contributed by atoms with Crippen LogP contribution in [-0.4, -0.2) is 10.8 Å². The molecule has 2 N–H and O–H groups in total. The minimum Gasteiger partial charge on any atom is -0.342 e. The summed E-state index contributed by atoms with van der Waals surface area (Å²) in [6.07, 6.45) is 0. The van der Waals surface area contributed by atoms with Gasteiger partial charge in [-0.15, -0.1) is 0 Å². The van der Waals surface area contributed by atoms with E-state index in [9.17, 15) is 4.39 Å². The molecule has 1 saturated heterocycles. The molecule has 80 valence electrons. The first-order valence-electron chi connectivity index (χ1n) is 4.64. The van der Waals surface area contributed by atoms with E-state index in [1.165, 1.54) is 12.1 Å². The Morgan fingerprint density at radius 1 is 1.27 bits per heavy atom. The van der Waals surface area contributed by atoms with Gasteiger partial charge in [0.15, 0.2) is 5.11 Å². The molecule has 15 heavy (non-hydrogen) atoms. The largest absolute Gasteiger partial charge is 0.342 e. The Balaban J connectivity index is 2.25. The van der Waals surface area contributed by atoms with Crippen molar-refractivity contribution in [1.82, 2.24) is 10.7 Å². The lowest BCUT2D eigenvalue weighted by Crippen LogP contribution is -2.45. The van der Waals surface area contributed by atoms with Crippen molar-refractivity contribution in [2.24, 2.45) is 0 Å². The van der Waals surface area contributed by atoms with Crippen LogP contribution >= 0.6 is 12.2 Å². The van der Waals surface area contributed by atoms with Gasteiger partial charge in [-0.3, -0.25) is 5.01 Å². The molecule has 2 rings (SSSR count). The average molecular weight is 225 g/mol. The van der Waals surface area contributed by atoms with Crippen molar-refractivity contribution >= 4 is 23.0 Å². The molecular formula is C10H12FN3S. The van der Waals surface area contributed by atoms with Crippen molar-refractivity contribution < 1.29 is 4.39 Å². The van der Waals surface area contributed by atoms with Gasteiger partial charge in [-0.25, -0.2) is 9.82 Å². The fourth-order valence-electron chi connectivity index (χ4n) is 1.45. The molecule has 1 aliphatic rings. The maximum absolute atomic E-state index is 12.7. The van der Waals surface area contributed by atoms with E-state index in [1.807, 2.05) is 13.8 Å². The zero-order valence-corrected chi connectivity index (χ0v) is 9.36. The first-order valence-corrected chi connectivity index (χ1v) is 5.04. The van der Waals surface area contributed by atoms with E-state index >= 15 is 0 Å². The lowest BCUT2D eigenvalue weighted by molar-refractivity contribution is 0.415. The Kier molecular flexibility index (Phi) is 2.36. The highest BCUT2D eigenvalue weighted by atomic mass is 32.1. The number of nitrogens with zero attached hydrogens (tertiary/aromatic N) is 1. The molecule has 1 aromatic carbocycles. The second-order valence-corrected chi connectivity index (χ2v) is 4.37. The zero-order chi connectivity index (χ0) is 11.1. The number of anilines is 1. The highest BCUT2D eigenvalue weighted by molar-refractivity contribution is 7.80. The van der Waals surface area contributed by atoms with E-state index in [0.717, 1.165) is 5.69 Å². The van der Waals surface area contributed by atoms with Gasteiger partial charge in [-0.1, -0.05) is 0 Å². The SMILES string of the molecule is CC1(C)NC(=S)N(c2ccc(F)cc2)N1. The predicted molar refractivity (Wildman–Crippen MR) is 61.8 cm³/mol. The summed E-state index contributed by atoms with van der Waals surface area (Å²) in [5, 5.41) is 5.43. The molecule has 0 aliphatic carbocycles. The normalized spacial score (nSPS) is 19.1. The van der Waals surface area contributed by atoms with Gasteiger partial charge < -0.3 is 5.32 Å². The quantitative estimate of drug-likeness (QED) is 0.712. The fraction of sp³-hybridized carbons (Fsp3) is 0.300. The summed E-state index contributed by atoms with van der Waals surface area (Å²) in [6.45, 7) is 3.95. The molecular weight excluding hydrogens is 213 g/mol. The van der Waals surface area contributed by atoms with E-state index in [1.54, 1.807) is 17.1 Å². The molecule has 5 heteroatoms. The Morgan fingerprint density at radius 3 is 2.33 bits per heavy atom. The predicted octanol–water partition coefficient (Wildman–Crippen LogP) is 1.76. The number of benzene rings is 1. The van der Waals surface area contributed by atoms with Gasteiger partial charge in [0.25, 0.3) is 0 Å². The van der Waals surface area contributed by atoms with Crippen LogP contribution in [0.3, 0.4) is 0 Å². The topological polar surface area (TPSA) is 27.3 Å². The third-order valence-corrected chi connectivity index (χ3v) is 2.38. The lowest BCUT2D eigenvalue weighted by atomic mass is 10.3. The van der Waals surface area contributed by atoms with Gasteiger partial charge in [0.1, 0.15) is 11.5 Å². The second kappa shape index (κ2) is 3.43. The van der Waals surface area contributed by atoms with Crippen LogP contribution in [-0.2, 0) is 0 Å². The second-order valence-electron chi connectivity index (χ2n) is 3.98. The number of hydrogen-bond acceptors (Lipinski definition) is 2. The zero-order valence-electron chi connectivity index (χ0n) is 8.54. The molecule has 0 unspecified atom stereocenters. The van der Waals surface area contributed by atoms with Crippen LogP contribution in [0.5, 0.6) is 0 Å². The van der Waals surface area contributed by atoms with Gasteiger partial charge in [0.2, 0.25) is 0 Å². The maximum atomic E-state index is 12.7. The van der Waals surface area contributed by atoms with E-state index in [2.05, 4.69) is 10.7 Å². The summed E-state index contributed by atoms with van der Waals surface area (Å²) in [4.78, 5) is 0. The van der Waals surface area contributed by atoms with Crippen molar-refractivity contribution in [3.8, 4) is 0 Å². The molecule has 0 radical (unpaired) electrons. The molecule has 1 fully saturated rings. The van der Waals surface area contributed by atoms with Crippen molar-refractivity contribution in [2.45, 2.75) is 19.5 Å². The number of nitrogens with one attached hydrogen (secondary N) is 2. The monoisotopic (exact) mass is 225 g/mol. The van der Waals surface area contributed by atoms with Gasteiger partial charge in [-0.2, -0.15) is 0 Å². The van der Waals surface area contributed by atoms with Crippen molar-refractivity contribution in [2.75, 3.05) is 5.01 Å².